The summed E-state index contributed by atoms with van der Waals surface area (Å²) in [5, 5.41) is 0. The molecule has 23 heavy (non-hydrogen) atoms. The average molecular weight is 338 g/mol. The molecule has 0 unspecified atom stereocenters. The van der Waals surface area contributed by atoms with Crippen LogP contribution in [0.25, 0.3) is 0 Å². The Balaban J connectivity index is 2.00. The van der Waals surface area contributed by atoms with E-state index in [1.54, 1.807) is 18.2 Å². The molecule has 6 heteroatoms. The second kappa shape index (κ2) is 6.71. The number of carbonyl (C=O) groups is 1. The number of nitrogens with zero attached hydrogens (tertiary/aromatic N) is 2. The Morgan fingerprint density at radius 1 is 1.13 bits per heavy atom. The highest BCUT2D eigenvalue weighted by molar-refractivity contribution is 7.89. The van der Waals surface area contributed by atoms with Gasteiger partial charge in [-0.2, -0.15) is 4.31 Å². The molecule has 0 N–H and O–H groups in total. The van der Waals surface area contributed by atoms with E-state index in [1.807, 2.05) is 38.7 Å². The third kappa shape index (κ3) is 4.40. The molecule has 0 saturated carbocycles. The minimum Gasteiger partial charge on any atom is -0.298 e. The molecule has 128 valence electrons. The van der Waals surface area contributed by atoms with Gasteiger partial charge >= 0.3 is 0 Å². The van der Waals surface area contributed by atoms with Crippen molar-refractivity contribution in [3.63, 3.8) is 0 Å². The Morgan fingerprint density at radius 3 is 2.26 bits per heavy atom. The Hall–Kier alpha value is -1.24. The highest BCUT2D eigenvalue weighted by Gasteiger charge is 2.30. The predicted octanol–water partition coefficient (Wildman–Crippen LogP) is 1.92. The molecule has 1 saturated heterocycles. The number of rotatable bonds is 4. The van der Waals surface area contributed by atoms with Crippen molar-refractivity contribution >= 4 is 15.8 Å². The van der Waals surface area contributed by atoms with E-state index >= 15 is 0 Å². The molecule has 5 nitrogen and oxygen atoms in total. The first-order valence-electron chi connectivity index (χ1n) is 7.93. The number of carbonyl (C=O) groups excluding carboxylic acids is 1. The summed E-state index contributed by atoms with van der Waals surface area (Å²) in [4.78, 5) is 14.5. The van der Waals surface area contributed by atoms with Crippen LogP contribution in [0.15, 0.2) is 29.2 Å². The Labute approximate surface area is 139 Å². The van der Waals surface area contributed by atoms with Gasteiger partial charge in [0.2, 0.25) is 10.0 Å². The van der Waals surface area contributed by atoms with Crippen LogP contribution in [0.1, 0.15) is 26.3 Å². The van der Waals surface area contributed by atoms with Crippen LogP contribution >= 0.6 is 0 Å². The Morgan fingerprint density at radius 2 is 1.74 bits per heavy atom. The molecule has 0 radical (unpaired) electrons. The van der Waals surface area contributed by atoms with E-state index in [4.69, 9.17) is 0 Å². The summed E-state index contributed by atoms with van der Waals surface area (Å²) in [5.41, 5.74) is 0.575. The average Bonchev–Trinajstić information content (AvgIpc) is 2.47. The first kappa shape index (κ1) is 18.1. The third-order valence-corrected chi connectivity index (χ3v) is 6.06. The fraction of sp³-hybridized carbons (Fsp3) is 0.588. The van der Waals surface area contributed by atoms with Crippen LogP contribution in [0, 0.1) is 12.3 Å². The summed E-state index contributed by atoms with van der Waals surface area (Å²) >= 11 is 0. The number of benzene rings is 1. The zero-order valence-corrected chi connectivity index (χ0v) is 15.2. The van der Waals surface area contributed by atoms with Gasteiger partial charge in [0, 0.05) is 31.6 Å². The van der Waals surface area contributed by atoms with E-state index in [0.717, 1.165) is 5.56 Å². The van der Waals surface area contributed by atoms with Crippen LogP contribution in [0.5, 0.6) is 0 Å². The normalized spacial score (nSPS) is 18.1. The lowest BCUT2D eigenvalue weighted by Gasteiger charge is -2.34. The number of hydrogen-bond donors (Lipinski definition) is 0. The summed E-state index contributed by atoms with van der Waals surface area (Å²) in [6.45, 7) is 10.0. The van der Waals surface area contributed by atoms with Crippen LogP contribution in [0.3, 0.4) is 0 Å². The molecular formula is C17H26N2O3S. The number of piperazine rings is 1. The standard InChI is InChI=1S/C17H26N2O3S/c1-14-6-5-7-15(12-14)23(21,22)19-10-8-18(9-11-19)13-16(20)17(2,3)4/h5-7,12H,8-11,13H2,1-4H3. The van der Waals surface area contributed by atoms with Gasteiger partial charge in [-0.25, -0.2) is 8.42 Å². The van der Waals surface area contributed by atoms with E-state index < -0.39 is 10.0 Å². The molecule has 1 aromatic carbocycles. The zero-order chi connectivity index (χ0) is 17.3. The lowest BCUT2D eigenvalue weighted by molar-refractivity contribution is -0.127. The van der Waals surface area contributed by atoms with Crippen molar-refractivity contribution in [3.05, 3.63) is 29.8 Å². The molecule has 0 amide bonds. The van der Waals surface area contributed by atoms with E-state index in [9.17, 15) is 13.2 Å². The van der Waals surface area contributed by atoms with Crippen molar-refractivity contribution in [1.29, 1.82) is 0 Å². The summed E-state index contributed by atoms with van der Waals surface area (Å²) in [6.07, 6.45) is 0. The molecule has 0 bridgehead atoms. The maximum absolute atomic E-state index is 12.7. The van der Waals surface area contributed by atoms with Gasteiger partial charge in [0.15, 0.2) is 5.78 Å². The molecule has 1 fully saturated rings. The zero-order valence-electron chi connectivity index (χ0n) is 14.4. The second-order valence-electron chi connectivity index (χ2n) is 7.17. The minimum atomic E-state index is -3.44. The summed E-state index contributed by atoms with van der Waals surface area (Å²) in [5.74, 6) is 0.187. The van der Waals surface area contributed by atoms with Gasteiger partial charge in [-0.05, 0) is 24.6 Å². The largest absolute Gasteiger partial charge is 0.298 e. The number of hydrogen-bond acceptors (Lipinski definition) is 4. The van der Waals surface area contributed by atoms with Crippen molar-refractivity contribution in [2.75, 3.05) is 32.7 Å². The fourth-order valence-electron chi connectivity index (χ4n) is 2.49. The molecule has 1 aromatic rings. The van der Waals surface area contributed by atoms with Crippen LogP contribution in [-0.4, -0.2) is 56.1 Å². The van der Waals surface area contributed by atoms with Crippen molar-refractivity contribution < 1.29 is 13.2 Å². The van der Waals surface area contributed by atoms with E-state index in [0.29, 0.717) is 37.6 Å². The van der Waals surface area contributed by atoms with Gasteiger partial charge in [-0.1, -0.05) is 32.9 Å². The van der Waals surface area contributed by atoms with E-state index in [1.165, 1.54) is 4.31 Å². The van der Waals surface area contributed by atoms with Crippen LogP contribution in [0.2, 0.25) is 0 Å². The van der Waals surface area contributed by atoms with Gasteiger partial charge in [0.25, 0.3) is 0 Å². The van der Waals surface area contributed by atoms with Gasteiger partial charge < -0.3 is 0 Å². The maximum Gasteiger partial charge on any atom is 0.243 e. The third-order valence-electron chi connectivity index (χ3n) is 4.16. The quantitative estimate of drug-likeness (QED) is 0.841. The lowest BCUT2D eigenvalue weighted by Crippen LogP contribution is -2.50. The van der Waals surface area contributed by atoms with Gasteiger partial charge in [0.1, 0.15) is 0 Å². The van der Waals surface area contributed by atoms with Crippen LogP contribution in [0.4, 0.5) is 0 Å². The van der Waals surface area contributed by atoms with Crippen molar-refractivity contribution in [2.24, 2.45) is 5.41 Å². The number of ketones is 1. The lowest BCUT2D eigenvalue weighted by atomic mass is 9.90. The van der Waals surface area contributed by atoms with Gasteiger partial charge in [0.05, 0.1) is 11.4 Å². The maximum atomic E-state index is 12.7. The monoisotopic (exact) mass is 338 g/mol. The summed E-state index contributed by atoms with van der Waals surface area (Å²) < 4.78 is 26.8. The molecule has 0 aromatic heterocycles. The number of sulfonamides is 1. The molecule has 1 aliphatic rings. The molecule has 0 atom stereocenters. The molecule has 1 aliphatic heterocycles. The van der Waals surface area contributed by atoms with Crippen LogP contribution in [-0.2, 0) is 14.8 Å². The Kier molecular flexibility index (Phi) is 5.28. The first-order chi connectivity index (χ1) is 10.6. The van der Waals surface area contributed by atoms with Crippen molar-refractivity contribution in [3.8, 4) is 0 Å². The number of Topliss-reactive ketones (excluding diaryl/α,β-unsaturated/α-hetero) is 1. The van der Waals surface area contributed by atoms with Gasteiger partial charge in [-0.15, -0.1) is 0 Å². The fourth-order valence-corrected chi connectivity index (χ4v) is 4.02. The molecular weight excluding hydrogens is 312 g/mol. The minimum absolute atomic E-state index is 0.187. The summed E-state index contributed by atoms with van der Waals surface area (Å²) in [7, 11) is -3.44. The molecule has 2 rings (SSSR count). The summed E-state index contributed by atoms with van der Waals surface area (Å²) in [6, 6.07) is 6.98. The SMILES string of the molecule is Cc1cccc(S(=O)(=O)N2CCN(CC(=O)C(C)(C)C)CC2)c1. The topological polar surface area (TPSA) is 57.7 Å². The predicted molar refractivity (Wildman–Crippen MR) is 90.8 cm³/mol. The van der Waals surface area contributed by atoms with Crippen LogP contribution < -0.4 is 0 Å². The Bertz CT molecular complexity index is 669. The van der Waals surface area contributed by atoms with Crippen molar-refractivity contribution in [1.82, 2.24) is 9.21 Å². The second-order valence-corrected chi connectivity index (χ2v) is 9.11. The van der Waals surface area contributed by atoms with E-state index in [-0.39, 0.29) is 11.2 Å². The molecule has 0 aliphatic carbocycles. The highest BCUT2D eigenvalue weighted by atomic mass is 32.2. The number of aryl methyl sites for hydroxylation is 1. The molecule has 0 spiro atoms. The first-order valence-corrected chi connectivity index (χ1v) is 9.37. The van der Waals surface area contributed by atoms with Gasteiger partial charge in [-0.3, -0.25) is 9.69 Å². The highest BCUT2D eigenvalue weighted by Crippen LogP contribution is 2.20. The molecule has 1 heterocycles. The smallest absolute Gasteiger partial charge is 0.243 e. The van der Waals surface area contributed by atoms with E-state index in [2.05, 4.69) is 0 Å². The van der Waals surface area contributed by atoms with Crippen molar-refractivity contribution in [2.45, 2.75) is 32.6 Å².